The van der Waals surface area contributed by atoms with Crippen LogP contribution in [0.15, 0.2) is 12.7 Å². The van der Waals surface area contributed by atoms with E-state index in [0.29, 0.717) is 0 Å². The van der Waals surface area contributed by atoms with Gasteiger partial charge in [0.25, 0.3) is 0 Å². The fourth-order valence-electron chi connectivity index (χ4n) is 0.304. The van der Waals surface area contributed by atoms with Crippen LogP contribution >= 0.6 is 0 Å². The highest BCUT2D eigenvalue weighted by atomic mass is 16.8. The largest absolute Gasteiger partial charge is 0.393 e. The molecule has 58 valence electrons. The minimum atomic E-state index is -1.33. The van der Waals surface area contributed by atoms with Crippen molar-refractivity contribution >= 4 is 6.03 Å². The molecule has 0 radical (unpaired) electrons. The van der Waals surface area contributed by atoms with Crippen LogP contribution in [0.1, 0.15) is 0 Å². The third-order valence-corrected chi connectivity index (χ3v) is 0.694. The maximum atomic E-state index is 10.3. The van der Waals surface area contributed by atoms with Crippen molar-refractivity contribution in [2.75, 3.05) is 6.54 Å². The predicted molar refractivity (Wildman–Crippen MR) is 29.5 cm³/mol. The van der Waals surface area contributed by atoms with Crippen LogP contribution < -0.4 is 0 Å². The first-order valence-corrected chi connectivity index (χ1v) is 2.38. The first-order valence-electron chi connectivity index (χ1n) is 2.38. The van der Waals surface area contributed by atoms with Crippen LogP contribution in [0.2, 0.25) is 0 Å². The van der Waals surface area contributed by atoms with Crippen molar-refractivity contribution in [2.24, 2.45) is 0 Å². The monoisotopic (exact) mass is 148 g/mol. The van der Waals surface area contributed by atoms with Gasteiger partial charge in [-0.05, 0) is 0 Å². The zero-order chi connectivity index (χ0) is 8.15. The highest BCUT2D eigenvalue weighted by molar-refractivity contribution is 5.70. The number of rotatable bonds is 2. The van der Waals surface area contributed by atoms with E-state index in [2.05, 4.69) is 6.58 Å². The van der Waals surface area contributed by atoms with Crippen molar-refractivity contribution in [2.45, 2.75) is 0 Å². The van der Waals surface area contributed by atoms with Gasteiger partial charge in [-0.15, -0.1) is 6.58 Å². The lowest BCUT2D eigenvalue weighted by Gasteiger charge is -2.13. The van der Waals surface area contributed by atoms with Crippen LogP contribution in [0, 0.1) is 0 Å². The summed E-state index contributed by atoms with van der Waals surface area (Å²) in [6.07, 6.45) is 1.22. The Kier molecular flexibility index (Phi) is 3.40. The molecule has 0 spiro atoms. The Balaban J connectivity index is 3.81. The van der Waals surface area contributed by atoms with Gasteiger partial charge in [0.1, 0.15) is 0 Å². The van der Waals surface area contributed by atoms with Gasteiger partial charge in [0.2, 0.25) is 0 Å². The molecule has 0 atom stereocenters. The lowest BCUT2D eigenvalue weighted by Crippen LogP contribution is -2.37. The van der Waals surface area contributed by atoms with Crippen molar-refractivity contribution in [3.8, 4) is 0 Å². The summed E-state index contributed by atoms with van der Waals surface area (Å²) in [4.78, 5) is 10.3. The molecule has 0 bridgehead atoms. The Morgan fingerprint density at radius 2 is 2.00 bits per heavy atom. The fraction of sp³-hybridized carbons (Fsp3) is 0.250. The molecular formula is C4H8N2O4. The number of hydrogen-bond acceptors (Lipinski definition) is 4. The third kappa shape index (κ3) is 2.44. The average Bonchev–Trinajstić information content (AvgIpc) is 1.87. The van der Waals surface area contributed by atoms with E-state index >= 15 is 0 Å². The number of hydrogen-bond donors (Lipinski definition) is 3. The van der Waals surface area contributed by atoms with Crippen LogP contribution in [0.5, 0.6) is 0 Å². The molecule has 0 aliphatic heterocycles. The summed E-state index contributed by atoms with van der Waals surface area (Å²) in [5.74, 6) is 0. The second kappa shape index (κ2) is 3.83. The number of nitrogens with zero attached hydrogens (tertiary/aromatic N) is 2. The summed E-state index contributed by atoms with van der Waals surface area (Å²) in [5.41, 5.74) is 0. The summed E-state index contributed by atoms with van der Waals surface area (Å²) in [6.45, 7) is 3.04. The number of urea groups is 1. The van der Waals surface area contributed by atoms with Gasteiger partial charge in [0.05, 0.1) is 6.54 Å². The summed E-state index contributed by atoms with van der Waals surface area (Å²) in [5, 5.41) is 24.0. The molecule has 0 aliphatic rings. The summed E-state index contributed by atoms with van der Waals surface area (Å²) < 4.78 is 0. The number of carbonyl (C=O) groups excluding carboxylic acids is 1. The molecule has 10 heavy (non-hydrogen) atoms. The van der Waals surface area contributed by atoms with Gasteiger partial charge in [0, 0.05) is 0 Å². The molecule has 6 heteroatoms. The van der Waals surface area contributed by atoms with Crippen LogP contribution in [-0.4, -0.2) is 38.5 Å². The summed E-state index contributed by atoms with van der Waals surface area (Å²) in [7, 11) is 0. The Morgan fingerprint density at radius 1 is 1.50 bits per heavy atom. The molecule has 0 saturated heterocycles. The average molecular weight is 148 g/mol. The van der Waals surface area contributed by atoms with Gasteiger partial charge in [-0.3, -0.25) is 15.6 Å². The molecule has 0 aliphatic carbocycles. The number of amides is 2. The lowest BCUT2D eigenvalue weighted by molar-refractivity contribution is -0.276. The maximum Gasteiger partial charge on any atom is 0.393 e. The zero-order valence-electron chi connectivity index (χ0n) is 5.14. The smallest absolute Gasteiger partial charge is 0.284 e. The van der Waals surface area contributed by atoms with Crippen LogP contribution in [0.4, 0.5) is 4.79 Å². The standard InChI is InChI=1S/C4H8N2O4/c1-2-3-5(8)4(7)6(9)10/h2,8-10H,1,3H2. The predicted octanol–water partition coefficient (Wildman–Crippen LogP) is 0.0640. The fourth-order valence-corrected chi connectivity index (χ4v) is 0.304. The zero-order valence-corrected chi connectivity index (χ0v) is 5.14. The molecule has 6 nitrogen and oxygen atoms in total. The van der Waals surface area contributed by atoms with Crippen LogP contribution in [-0.2, 0) is 0 Å². The normalized spacial score (nSPS) is 8.70. The van der Waals surface area contributed by atoms with Crippen molar-refractivity contribution in [1.29, 1.82) is 0 Å². The third-order valence-electron chi connectivity index (χ3n) is 0.694. The molecule has 3 N–H and O–H groups in total. The highest BCUT2D eigenvalue weighted by Crippen LogP contribution is 1.88. The molecule has 0 aromatic heterocycles. The Labute approximate surface area is 57.1 Å². The van der Waals surface area contributed by atoms with E-state index < -0.39 is 11.3 Å². The molecule has 0 aromatic rings. The van der Waals surface area contributed by atoms with Crippen molar-refractivity contribution < 1.29 is 20.4 Å². The summed E-state index contributed by atoms with van der Waals surface area (Å²) in [6, 6.07) is -1.33. The van der Waals surface area contributed by atoms with E-state index in [-0.39, 0.29) is 11.6 Å². The van der Waals surface area contributed by atoms with Gasteiger partial charge in [-0.2, -0.15) is 5.06 Å². The van der Waals surface area contributed by atoms with E-state index in [4.69, 9.17) is 15.6 Å². The molecule has 0 saturated carbocycles. The van der Waals surface area contributed by atoms with Crippen LogP contribution in [0.3, 0.4) is 0 Å². The first-order chi connectivity index (χ1) is 4.59. The molecule has 0 aromatic carbocycles. The first kappa shape index (κ1) is 8.89. The minimum Gasteiger partial charge on any atom is -0.284 e. The molecule has 2 amide bonds. The SMILES string of the molecule is C=CCN(O)C(=O)N(O)O. The molecular weight excluding hydrogens is 140 g/mol. The second-order valence-electron chi connectivity index (χ2n) is 1.44. The van der Waals surface area contributed by atoms with E-state index in [1.807, 2.05) is 0 Å². The molecule has 0 fully saturated rings. The van der Waals surface area contributed by atoms with E-state index in [1.54, 1.807) is 0 Å². The lowest BCUT2D eigenvalue weighted by atomic mass is 10.6. The Bertz CT molecular complexity index is 135. The molecule has 0 rings (SSSR count). The maximum absolute atomic E-state index is 10.3. The van der Waals surface area contributed by atoms with Gasteiger partial charge < -0.3 is 0 Å². The number of hydroxylamine groups is 4. The Morgan fingerprint density at radius 3 is 2.30 bits per heavy atom. The van der Waals surface area contributed by atoms with Crippen molar-refractivity contribution in [3.63, 3.8) is 0 Å². The van der Waals surface area contributed by atoms with E-state index in [1.165, 1.54) is 6.08 Å². The van der Waals surface area contributed by atoms with Gasteiger partial charge in [-0.25, -0.2) is 4.79 Å². The van der Waals surface area contributed by atoms with E-state index in [0.717, 1.165) is 0 Å². The van der Waals surface area contributed by atoms with Crippen molar-refractivity contribution in [1.82, 2.24) is 10.3 Å². The second-order valence-corrected chi connectivity index (χ2v) is 1.44. The topological polar surface area (TPSA) is 84.2 Å². The molecule has 0 heterocycles. The highest BCUT2D eigenvalue weighted by Gasteiger charge is 2.13. The van der Waals surface area contributed by atoms with Gasteiger partial charge >= 0.3 is 6.03 Å². The quantitative estimate of drug-likeness (QED) is 0.294. The van der Waals surface area contributed by atoms with Crippen LogP contribution in [0.25, 0.3) is 0 Å². The number of carbonyl (C=O) groups is 1. The molecule has 0 unspecified atom stereocenters. The van der Waals surface area contributed by atoms with Gasteiger partial charge in [-0.1, -0.05) is 11.3 Å². The summed E-state index contributed by atoms with van der Waals surface area (Å²) >= 11 is 0. The van der Waals surface area contributed by atoms with Gasteiger partial charge in [0.15, 0.2) is 0 Å². The van der Waals surface area contributed by atoms with Crippen molar-refractivity contribution in [3.05, 3.63) is 12.7 Å². The Hall–Kier alpha value is -1.11. The minimum absolute atomic E-state index is 0.0903. The van der Waals surface area contributed by atoms with E-state index in [9.17, 15) is 4.79 Å².